The van der Waals surface area contributed by atoms with Crippen LogP contribution in [0.25, 0.3) is 11.6 Å². The van der Waals surface area contributed by atoms with Crippen molar-refractivity contribution in [1.29, 1.82) is 5.41 Å². The number of aromatic amines is 1. The summed E-state index contributed by atoms with van der Waals surface area (Å²) in [6.07, 6.45) is 5.09. The highest BCUT2D eigenvalue weighted by atomic mass is 35.5. The Hall–Kier alpha value is -3.13. The minimum absolute atomic E-state index is 0.0267. The molecule has 9 heteroatoms. The van der Waals surface area contributed by atoms with Crippen LogP contribution in [0.15, 0.2) is 30.1 Å². The number of nitrogens with zero attached hydrogens (tertiary/aromatic N) is 3. The smallest absolute Gasteiger partial charge is 0.260 e. The first-order valence-electron chi connectivity index (χ1n) is 7.84. The third-order valence-electron chi connectivity index (χ3n) is 3.90. The molecule has 0 atom stereocenters. The van der Waals surface area contributed by atoms with Crippen LogP contribution in [0.2, 0.25) is 5.15 Å². The highest BCUT2D eigenvalue weighted by molar-refractivity contribution is 6.41. The van der Waals surface area contributed by atoms with Crippen molar-refractivity contribution in [3.8, 4) is 0 Å². The largest absolute Gasteiger partial charge is 0.392 e. The molecule has 3 heterocycles. The van der Waals surface area contributed by atoms with E-state index < -0.39 is 0 Å². The zero-order chi connectivity index (χ0) is 18.8. The monoisotopic (exact) mass is 371 g/mol. The Labute approximate surface area is 155 Å². The molecule has 134 valence electrons. The Kier molecular flexibility index (Phi) is 4.77. The molecule has 5 N–H and O–H groups in total. The van der Waals surface area contributed by atoms with Gasteiger partial charge in [-0.25, -0.2) is 4.98 Å². The van der Waals surface area contributed by atoms with Crippen LogP contribution in [-0.2, 0) is 4.79 Å². The fourth-order valence-electron chi connectivity index (χ4n) is 2.63. The van der Waals surface area contributed by atoms with Crippen LogP contribution in [-0.4, -0.2) is 40.2 Å². The highest BCUT2D eigenvalue weighted by Crippen LogP contribution is 2.40. The van der Waals surface area contributed by atoms with Gasteiger partial charge in [0, 0.05) is 24.6 Å². The summed E-state index contributed by atoms with van der Waals surface area (Å²) in [6, 6.07) is 3.66. The van der Waals surface area contributed by atoms with E-state index in [1.807, 2.05) is 19.1 Å². The molecule has 0 fully saturated rings. The number of hydrogen-bond donors (Lipinski definition) is 4. The Bertz CT molecular complexity index is 931. The van der Waals surface area contributed by atoms with Crippen LogP contribution < -0.4 is 16.0 Å². The minimum Gasteiger partial charge on any atom is -0.392 e. The number of aromatic nitrogens is 3. The molecule has 26 heavy (non-hydrogen) atoms. The highest BCUT2D eigenvalue weighted by Gasteiger charge is 2.37. The second-order valence-electron chi connectivity index (χ2n) is 5.75. The van der Waals surface area contributed by atoms with Crippen LogP contribution in [0.5, 0.6) is 0 Å². The Morgan fingerprint density at radius 2 is 2.27 bits per heavy atom. The van der Waals surface area contributed by atoms with E-state index in [9.17, 15) is 4.79 Å². The number of anilines is 2. The van der Waals surface area contributed by atoms with Gasteiger partial charge in [0.05, 0.1) is 23.4 Å². The third kappa shape index (κ3) is 3.31. The van der Waals surface area contributed by atoms with Gasteiger partial charge in [-0.1, -0.05) is 11.6 Å². The molecule has 0 aromatic carbocycles. The van der Waals surface area contributed by atoms with Crippen molar-refractivity contribution in [1.82, 2.24) is 20.3 Å². The topological polar surface area (TPSA) is 124 Å². The Balaban J connectivity index is 2.06. The van der Waals surface area contributed by atoms with E-state index >= 15 is 0 Å². The molecule has 3 rings (SSSR count). The van der Waals surface area contributed by atoms with Crippen molar-refractivity contribution in [2.45, 2.75) is 6.92 Å². The summed E-state index contributed by atoms with van der Waals surface area (Å²) >= 11 is 6.25. The normalized spacial score (nSPS) is 15.5. The summed E-state index contributed by atoms with van der Waals surface area (Å²) < 4.78 is 0. The predicted octanol–water partition coefficient (Wildman–Crippen LogP) is 2.07. The minimum atomic E-state index is -0.309. The number of halogens is 1. The lowest BCUT2D eigenvalue weighted by Gasteiger charge is -2.16. The van der Waals surface area contributed by atoms with E-state index in [-0.39, 0.29) is 29.3 Å². The summed E-state index contributed by atoms with van der Waals surface area (Å²) in [4.78, 5) is 25.5. The second-order valence-corrected chi connectivity index (χ2v) is 6.11. The molecule has 8 nitrogen and oxygen atoms in total. The second kappa shape index (κ2) is 7.01. The molecule has 2 aromatic heterocycles. The van der Waals surface area contributed by atoms with E-state index in [1.165, 1.54) is 4.90 Å². The standard InChI is InChI=1S/C17H18ClN7O/c1-9(21-2)6-10(19)8-25-15-13(14(18)23-17(20)24-15)12(16(25)26)7-11-4-3-5-22-11/h3-7,19,21-22H,8H2,1-2H3,(H2,20,23,24)/b9-6-,12-7-,19-10?. The zero-order valence-electron chi connectivity index (χ0n) is 14.3. The molecule has 0 saturated carbocycles. The van der Waals surface area contributed by atoms with Crippen molar-refractivity contribution in [2.75, 3.05) is 24.2 Å². The first kappa shape index (κ1) is 17.7. The number of nitrogens with one attached hydrogen (secondary N) is 3. The average molecular weight is 372 g/mol. The third-order valence-corrected chi connectivity index (χ3v) is 4.17. The molecule has 0 radical (unpaired) electrons. The lowest BCUT2D eigenvalue weighted by Crippen LogP contribution is -2.32. The van der Waals surface area contributed by atoms with Crippen LogP contribution in [0.4, 0.5) is 11.8 Å². The number of carbonyl (C=O) groups is 1. The lowest BCUT2D eigenvalue weighted by atomic mass is 10.1. The van der Waals surface area contributed by atoms with Crippen LogP contribution in [0, 0.1) is 5.41 Å². The summed E-state index contributed by atoms with van der Waals surface area (Å²) in [5, 5.41) is 11.2. The number of hydrogen-bond acceptors (Lipinski definition) is 6. The van der Waals surface area contributed by atoms with Crippen LogP contribution in [0.3, 0.4) is 0 Å². The lowest BCUT2D eigenvalue weighted by molar-refractivity contribution is -0.112. The van der Waals surface area contributed by atoms with Gasteiger partial charge in [-0.05, 0) is 31.2 Å². The first-order chi connectivity index (χ1) is 12.4. The quantitative estimate of drug-likeness (QED) is 0.364. The van der Waals surface area contributed by atoms with E-state index in [0.29, 0.717) is 17.0 Å². The van der Waals surface area contributed by atoms with Gasteiger partial charge in [0.15, 0.2) is 5.82 Å². The number of H-pyrrole nitrogens is 1. The molecule has 2 aromatic rings. The van der Waals surface area contributed by atoms with E-state index in [2.05, 4.69) is 20.3 Å². The number of carbonyl (C=O) groups excluding carboxylic acids is 1. The fourth-order valence-corrected chi connectivity index (χ4v) is 2.91. The van der Waals surface area contributed by atoms with Crippen LogP contribution >= 0.6 is 11.6 Å². The number of nitrogen functional groups attached to an aromatic ring is 1. The zero-order valence-corrected chi connectivity index (χ0v) is 15.1. The van der Waals surface area contributed by atoms with Gasteiger partial charge < -0.3 is 21.4 Å². The number of nitrogens with two attached hydrogens (primary N) is 1. The van der Waals surface area contributed by atoms with Gasteiger partial charge in [0.1, 0.15) is 5.15 Å². The molecule has 1 amide bonds. The van der Waals surface area contributed by atoms with Crippen molar-refractivity contribution >= 4 is 46.6 Å². The van der Waals surface area contributed by atoms with Crippen molar-refractivity contribution in [2.24, 2.45) is 0 Å². The van der Waals surface area contributed by atoms with Gasteiger partial charge in [0.2, 0.25) is 5.95 Å². The molecule has 0 bridgehead atoms. The van der Waals surface area contributed by atoms with E-state index in [1.54, 1.807) is 25.4 Å². The Morgan fingerprint density at radius 1 is 1.50 bits per heavy atom. The van der Waals surface area contributed by atoms with Gasteiger partial charge >= 0.3 is 0 Å². The average Bonchev–Trinajstić information content (AvgIpc) is 3.17. The molecule has 1 aliphatic heterocycles. The molecule has 0 unspecified atom stereocenters. The van der Waals surface area contributed by atoms with Crippen molar-refractivity contribution < 1.29 is 4.79 Å². The van der Waals surface area contributed by atoms with E-state index in [4.69, 9.17) is 22.7 Å². The maximum Gasteiger partial charge on any atom is 0.260 e. The van der Waals surface area contributed by atoms with Gasteiger partial charge in [-0.2, -0.15) is 4.98 Å². The maximum atomic E-state index is 13.0. The summed E-state index contributed by atoms with van der Waals surface area (Å²) in [5.41, 5.74) is 8.28. The SMILES string of the molecule is CN/C(C)=C\C(=N)CN1C(=O)/C(=C\c2ccc[nH]2)c2c(Cl)nc(N)nc21. The predicted molar refractivity (Wildman–Crippen MR) is 103 cm³/mol. The van der Waals surface area contributed by atoms with Crippen LogP contribution in [0.1, 0.15) is 18.2 Å². The number of amides is 1. The van der Waals surface area contributed by atoms with Gasteiger partial charge in [0.25, 0.3) is 5.91 Å². The number of rotatable bonds is 5. The molecular weight excluding hydrogens is 354 g/mol. The maximum absolute atomic E-state index is 13.0. The number of fused-ring (bicyclic) bond motifs is 1. The summed E-state index contributed by atoms with van der Waals surface area (Å²) in [6.45, 7) is 1.88. The summed E-state index contributed by atoms with van der Waals surface area (Å²) in [7, 11) is 1.76. The first-order valence-corrected chi connectivity index (χ1v) is 8.22. The summed E-state index contributed by atoms with van der Waals surface area (Å²) in [5.74, 6) is -0.0246. The molecule has 0 spiro atoms. The van der Waals surface area contributed by atoms with Crippen molar-refractivity contribution in [3.63, 3.8) is 0 Å². The molecular formula is C17H18ClN7O. The molecule has 1 aliphatic rings. The van der Waals surface area contributed by atoms with Crippen molar-refractivity contribution in [3.05, 3.63) is 46.5 Å². The number of allylic oxidation sites excluding steroid dienone is 1. The molecule has 0 saturated heterocycles. The Morgan fingerprint density at radius 3 is 2.92 bits per heavy atom. The van der Waals surface area contributed by atoms with Gasteiger partial charge in [-0.15, -0.1) is 0 Å². The fraction of sp³-hybridized carbons (Fsp3) is 0.176. The van der Waals surface area contributed by atoms with E-state index in [0.717, 1.165) is 11.4 Å². The molecule has 0 aliphatic carbocycles. The van der Waals surface area contributed by atoms with Gasteiger partial charge in [-0.3, -0.25) is 9.69 Å².